The molecule has 5 heteroatoms. The average Bonchev–Trinajstić information content (AvgIpc) is 2.47. The summed E-state index contributed by atoms with van der Waals surface area (Å²) in [5, 5.41) is 11.7. The normalized spacial score (nSPS) is 10.3. The number of amides is 1. The smallest absolute Gasteiger partial charge is 0.248 e. The van der Waals surface area contributed by atoms with E-state index in [1.165, 1.54) is 12.1 Å². The minimum Gasteiger partial charge on any atom is -0.399 e. The lowest BCUT2D eigenvalue weighted by Crippen LogP contribution is -2.08. The number of carbonyl (C=O) groups excluding carboxylic acids is 1. The van der Waals surface area contributed by atoms with E-state index in [-0.39, 0.29) is 5.91 Å². The van der Waals surface area contributed by atoms with Gasteiger partial charge in [0.25, 0.3) is 0 Å². The fourth-order valence-corrected chi connectivity index (χ4v) is 1.92. The van der Waals surface area contributed by atoms with E-state index in [0.29, 0.717) is 22.0 Å². The van der Waals surface area contributed by atoms with Gasteiger partial charge in [0.05, 0.1) is 22.3 Å². The summed E-state index contributed by atoms with van der Waals surface area (Å²) in [5.74, 6) is -0.316. The van der Waals surface area contributed by atoms with Crippen molar-refractivity contribution >= 4 is 35.0 Å². The zero-order chi connectivity index (χ0) is 15.2. The maximum absolute atomic E-state index is 11.8. The van der Waals surface area contributed by atoms with Crippen LogP contribution in [0.5, 0.6) is 0 Å². The van der Waals surface area contributed by atoms with Crippen molar-refractivity contribution in [3.63, 3.8) is 0 Å². The minimum absolute atomic E-state index is 0.316. The second-order valence-corrected chi connectivity index (χ2v) is 4.71. The predicted octanol–water partition coefficient (Wildman–Crippen LogP) is 3.45. The molecule has 2 aromatic carbocycles. The number of anilines is 2. The van der Waals surface area contributed by atoms with Crippen molar-refractivity contribution in [3.05, 3.63) is 64.7 Å². The van der Waals surface area contributed by atoms with Crippen LogP contribution in [0.3, 0.4) is 0 Å². The molecule has 0 aliphatic heterocycles. The molecule has 2 rings (SSSR count). The molecule has 0 unspecified atom stereocenters. The topological polar surface area (TPSA) is 78.9 Å². The average molecular weight is 298 g/mol. The van der Waals surface area contributed by atoms with Gasteiger partial charge in [-0.3, -0.25) is 4.79 Å². The number of carbonyl (C=O) groups is 1. The predicted molar refractivity (Wildman–Crippen MR) is 84.7 cm³/mol. The van der Waals surface area contributed by atoms with Crippen molar-refractivity contribution in [3.8, 4) is 6.07 Å². The Morgan fingerprint density at radius 2 is 2.10 bits per heavy atom. The number of nitrogens with zero attached hydrogens (tertiary/aromatic N) is 1. The molecule has 4 nitrogen and oxygen atoms in total. The van der Waals surface area contributed by atoms with Crippen molar-refractivity contribution < 1.29 is 4.79 Å². The molecular formula is C16H12ClN3O. The van der Waals surface area contributed by atoms with Crippen LogP contribution >= 0.6 is 11.6 Å². The molecule has 0 atom stereocenters. The lowest BCUT2D eigenvalue weighted by atomic mass is 10.2. The van der Waals surface area contributed by atoms with Crippen molar-refractivity contribution in [2.75, 3.05) is 11.1 Å². The molecule has 2 aromatic rings. The third-order valence-corrected chi connectivity index (χ3v) is 3.01. The van der Waals surface area contributed by atoms with Crippen LogP contribution < -0.4 is 11.1 Å². The van der Waals surface area contributed by atoms with Crippen molar-refractivity contribution in [1.29, 1.82) is 5.26 Å². The summed E-state index contributed by atoms with van der Waals surface area (Å²) in [5.41, 5.74) is 8.01. The highest BCUT2D eigenvalue weighted by Crippen LogP contribution is 2.22. The quantitative estimate of drug-likeness (QED) is 0.673. The molecule has 0 saturated heterocycles. The third kappa shape index (κ3) is 4.10. The molecule has 0 aliphatic carbocycles. The number of hydrogen-bond acceptors (Lipinski definition) is 3. The van der Waals surface area contributed by atoms with Gasteiger partial charge in [0.1, 0.15) is 0 Å². The fourth-order valence-electron chi connectivity index (χ4n) is 1.70. The van der Waals surface area contributed by atoms with Crippen LogP contribution in [0.4, 0.5) is 11.4 Å². The van der Waals surface area contributed by atoms with Gasteiger partial charge in [0, 0.05) is 11.8 Å². The van der Waals surface area contributed by atoms with E-state index in [1.54, 1.807) is 30.3 Å². The first-order chi connectivity index (χ1) is 10.1. The summed E-state index contributed by atoms with van der Waals surface area (Å²) >= 11 is 5.98. The molecule has 0 aliphatic rings. The van der Waals surface area contributed by atoms with Crippen LogP contribution in [0.15, 0.2) is 48.5 Å². The van der Waals surface area contributed by atoms with E-state index in [0.717, 1.165) is 5.56 Å². The SMILES string of the molecule is N#Cc1ccc(NC(=O)/C=C/c2cccc(N)c2)c(Cl)c1. The monoisotopic (exact) mass is 297 g/mol. The van der Waals surface area contributed by atoms with Gasteiger partial charge in [0.15, 0.2) is 0 Å². The molecule has 0 heterocycles. The molecule has 1 amide bonds. The van der Waals surface area contributed by atoms with E-state index in [4.69, 9.17) is 22.6 Å². The van der Waals surface area contributed by atoms with Crippen molar-refractivity contribution in [1.82, 2.24) is 0 Å². The maximum Gasteiger partial charge on any atom is 0.248 e. The lowest BCUT2D eigenvalue weighted by molar-refractivity contribution is -0.111. The molecule has 0 saturated carbocycles. The van der Waals surface area contributed by atoms with Crippen LogP contribution in [0.25, 0.3) is 6.08 Å². The Labute approximate surface area is 127 Å². The molecule has 104 valence electrons. The lowest BCUT2D eigenvalue weighted by Gasteiger charge is -2.04. The molecule has 3 N–H and O–H groups in total. The first-order valence-corrected chi connectivity index (χ1v) is 6.50. The van der Waals surface area contributed by atoms with Crippen LogP contribution in [-0.4, -0.2) is 5.91 Å². The van der Waals surface area contributed by atoms with Gasteiger partial charge in [-0.1, -0.05) is 23.7 Å². The van der Waals surface area contributed by atoms with E-state index in [9.17, 15) is 4.79 Å². The molecular weight excluding hydrogens is 286 g/mol. The molecule has 21 heavy (non-hydrogen) atoms. The van der Waals surface area contributed by atoms with Crippen LogP contribution in [0.2, 0.25) is 5.02 Å². The Morgan fingerprint density at radius 3 is 2.76 bits per heavy atom. The molecule has 0 radical (unpaired) electrons. The van der Waals surface area contributed by atoms with Gasteiger partial charge in [-0.15, -0.1) is 0 Å². The highest BCUT2D eigenvalue weighted by molar-refractivity contribution is 6.34. The fraction of sp³-hybridized carbons (Fsp3) is 0. The standard InChI is InChI=1S/C16H12ClN3O/c17-14-9-12(10-18)4-6-15(14)20-16(21)7-5-11-2-1-3-13(19)8-11/h1-9H,19H2,(H,20,21)/b7-5+. The molecule has 0 fully saturated rings. The zero-order valence-electron chi connectivity index (χ0n) is 11.0. The van der Waals surface area contributed by atoms with Gasteiger partial charge in [-0.25, -0.2) is 0 Å². The summed E-state index contributed by atoms with van der Waals surface area (Å²) in [7, 11) is 0. The number of nitrogens with one attached hydrogen (secondary N) is 1. The number of hydrogen-bond donors (Lipinski definition) is 2. The second-order valence-electron chi connectivity index (χ2n) is 4.30. The largest absolute Gasteiger partial charge is 0.399 e. The van der Waals surface area contributed by atoms with Crippen molar-refractivity contribution in [2.24, 2.45) is 0 Å². The summed E-state index contributed by atoms with van der Waals surface area (Å²) in [6.45, 7) is 0. The van der Waals surface area contributed by atoms with E-state index >= 15 is 0 Å². The Kier molecular flexibility index (Phi) is 4.60. The van der Waals surface area contributed by atoms with E-state index in [2.05, 4.69) is 5.32 Å². The van der Waals surface area contributed by atoms with Gasteiger partial charge in [-0.05, 0) is 42.0 Å². The van der Waals surface area contributed by atoms with E-state index in [1.807, 2.05) is 18.2 Å². The molecule has 0 spiro atoms. The Bertz CT molecular complexity index is 747. The number of halogens is 1. The highest BCUT2D eigenvalue weighted by Gasteiger charge is 2.04. The van der Waals surface area contributed by atoms with Gasteiger partial charge < -0.3 is 11.1 Å². The summed E-state index contributed by atoms with van der Waals surface area (Å²) < 4.78 is 0. The van der Waals surface area contributed by atoms with E-state index < -0.39 is 0 Å². The maximum atomic E-state index is 11.8. The Balaban J connectivity index is 2.07. The molecule has 0 bridgehead atoms. The number of rotatable bonds is 3. The number of nitriles is 1. The Morgan fingerprint density at radius 1 is 1.29 bits per heavy atom. The first kappa shape index (κ1) is 14.6. The number of benzene rings is 2. The first-order valence-electron chi connectivity index (χ1n) is 6.13. The highest BCUT2D eigenvalue weighted by atomic mass is 35.5. The van der Waals surface area contributed by atoms with Crippen LogP contribution in [0, 0.1) is 11.3 Å². The van der Waals surface area contributed by atoms with Crippen LogP contribution in [0.1, 0.15) is 11.1 Å². The molecule has 0 aromatic heterocycles. The zero-order valence-corrected chi connectivity index (χ0v) is 11.8. The van der Waals surface area contributed by atoms with Gasteiger partial charge in [-0.2, -0.15) is 5.26 Å². The van der Waals surface area contributed by atoms with Gasteiger partial charge in [0.2, 0.25) is 5.91 Å². The number of nitrogens with two attached hydrogens (primary N) is 1. The van der Waals surface area contributed by atoms with Gasteiger partial charge >= 0.3 is 0 Å². The summed E-state index contributed by atoms with van der Waals surface area (Å²) in [6, 6.07) is 13.8. The number of nitrogen functional groups attached to an aromatic ring is 1. The second kappa shape index (κ2) is 6.60. The van der Waals surface area contributed by atoms with Crippen molar-refractivity contribution in [2.45, 2.75) is 0 Å². The summed E-state index contributed by atoms with van der Waals surface area (Å²) in [6.07, 6.45) is 3.05. The summed E-state index contributed by atoms with van der Waals surface area (Å²) in [4.78, 5) is 11.8. The third-order valence-electron chi connectivity index (χ3n) is 2.69. The van der Waals surface area contributed by atoms with Crippen LogP contribution in [-0.2, 0) is 4.79 Å². The minimum atomic E-state index is -0.316. The Hall–Kier alpha value is -2.77.